The second-order valence-electron chi connectivity index (χ2n) is 3.04. The highest BCUT2D eigenvalue weighted by molar-refractivity contribution is 5.41. The number of halogens is 1. The van der Waals surface area contributed by atoms with Gasteiger partial charge in [-0.1, -0.05) is 6.07 Å². The predicted octanol–water partition coefficient (Wildman–Crippen LogP) is 1.30. The van der Waals surface area contributed by atoms with Crippen molar-refractivity contribution >= 4 is 5.69 Å². The van der Waals surface area contributed by atoms with E-state index in [4.69, 9.17) is 11.5 Å². The largest absolute Gasteiger partial charge is 0.396 e. The molecule has 4 N–H and O–H groups in total. The van der Waals surface area contributed by atoms with Gasteiger partial charge in [-0.05, 0) is 31.0 Å². The molecule has 0 saturated heterocycles. The Kier molecular flexibility index (Phi) is 2.65. The van der Waals surface area contributed by atoms with Crippen LogP contribution >= 0.6 is 0 Å². The number of hydrogen-bond donors (Lipinski definition) is 2. The Morgan fingerprint density at radius 3 is 2.67 bits per heavy atom. The smallest absolute Gasteiger partial charge is 0.146 e. The highest BCUT2D eigenvalue weighted by Crippen LogP contribution is 2.12. The van der Waals surface area contributed by atoms with E-state index < -0.39 is 0 Å². The number of rotatable bonds is 2. The van der Waals surface area contributed by atoms with Crippen LogP contribution in [0.3, 0.4) is 0 Å². The molecule has 12 heavy (non-hydrogen) atoms. The number of anilines is 1. The summed E-state index contributed by atoms with van der Waals surface area (Å²) in [6.45, 7) is 1.88. The first-order valence-electron chi connectivity index (χ1n) is 3.89. The molecule has 0 spiro atoms. The minimum Gasteiger partial charge on any atom is -0.396 e. The summed E-state index contributed by atoms with van der Waals surface area (Å²) in [5, 5.41) is 0. The van der Waals surface area contributed by atoms with Crippen molar-refractivity contribution in [3.63, 3.8) is 0 Å². The summed E-state index contributed by atoms with van der Waals surface area (Å²) in [6, 6.07) is 4.83. The molecule has 0 heterocycles. The Hall–Kier alpha value is -1.09. The lowest BCUT2D eigenvalue weighted by Crippen LogP contribution is -2.17. The Balaban J connectivity index is 2.82. The van der Waals surface area contributed by atoms with E-state index in [-0.39, 0.29) is 17.5 Å². The molecule has 1 aromatic carbocycles. The summed E-state index contributed by atoms with van der Waals surface area (Å²) < 4.78 is 12.9. The zero-order valence-electron chi connectivity index (χ0n) is 7.05. The SMILES string of the molecule is CC(N)Cc1ccc(N)c(F)c1. The fraction of sp³-hybridized carbons (Fsp3) is 0.333. The van der Waals surface area contributed by atoms with E-state index in [0.717, 1.165) is 5.56 Å². The molecule has 1 aromatic rings. The van der Waals surface area contributed by atoms with Crippen LogP contribution in [-0.4, -0.2) is 6.04 Å². The van der Waals surface area contributed by atoms with Crippen LogP contribution in [0.4, 0.5) is 10.1 Å². The molecule has 0 aliphatic rings. The lowest BCUT2D eigenvalue weighted by atomic mass is 10.1. The molecule has 1 rings (SSSR count). The molecule has 1 unspecified atom stereocenters. The van der Waals surface area contributed by atoms with Crippen molar-refractivity contribution in [2.75, 3.05) is 5.73 Å². The molecular formula is C9H13FN2. The number of benzene rings is 1. The van der Waals surface area contributed by atoms with Crippen LogP contribution in [0.25, 0.3) is 0 Å². The summed E-state index contributed by atoms with van der Waals surface area (Å²) in [5.41, 5.74) is 11.9. The first-order valence-corrected chi connectivity index (χ1v) is 3.89. The lowest BCUT2D eigenvalue weighted by molar-refractivity contribution is 0.627. The van der Waals surface area contributed by atoms with Crippen molar-refractivity contribution in [2.24, 2.45) is 5.73 Å². The summed E-state index contributed by atoms with van der Waals surface area (Å²) in [5.74, 6) is -0.367. The quantitative estimate of drug-likeness (QED) is 0.654. The van der Waals surface area contributed by atoms with Gasteiger partial charge in [0.1, 0.15) is 5.82 Å². The normalized spacial score (nSPS) is 12.9. The standard InChI is InChI=1S/C9H13FN2/c1-6(11)4-7-2-3-9(12)8(10)5-7/h2-3,5-6H,4,11-12H2,1H3. The van der Waals surface area contributed by atoms with E-state index in [1.165, 1.54) is 6.07 Å². The summed E-state index contributed by atoms with van der Waals surface area (Å²) in [7, 11) is 0. The topological polar surface area (TPSA) is 52.0 Å². The molecule has 0 aliphatic carbocycles. The molecule has 2 nitrogen and oxygen atoms in total. The van der Waals surface area contributed by atoms with Crippen LogP contribution in [0.5, 0.6) is 0 Å². The van der Waals surface area contributed by atoms with E-state index in [0.29, 0.717) is 6.42 Å². The average Bonchev–Trinajstić information content (AvgIpc) is 1.96. The maximum absolute atomic E-state index is 12.9. The second-order valence-corrected chi connectivity index (χ2v) is 3.04. The predicted molar refractivity (Wildman–Crippen MR) is 48.2 cm³/mol. The third kappa shape index (κ3) is 2.20. The van der Waals surface area contributed by atoms with Gasteiger partial charge in [0.25, 0.3) is 0 Å². The Labute approximate surface area is 71.4 Å². The Bertz CT molecular complexity index is 271. The van der Waals surface area contributed by atoms with Crippen LogP contribution < -0.4 is 11.5 Å². The van der Waals surface area contributed by atoms with Gasteiger partial charge in [0.15, 0.2) is 0 Å². The van der Waals surface area contributed by atoms with Crippen molar-refractivity contribution < 1.29 is 4.39 Å². The first kappa shape index (κ1) is 9.00. The second kappa shape index (κ2) is 3.54. The maximum Gasteiger partial charge on any atom is 0.146 e. The van der Waals surface area contributed by atoms with Crippen LogP contribution in [-0.2, 0) is 6.42 Å². The van der Waals surface area contributed by atoms with Crippen LogP contribution in [0.1, 0.15) is 12.5 Å². The van der Waals surface area contributed by atoms with E-state index in [9.17, 15) is 4.39 Å². The van der Waals surface area contributed by atoms with Crippen LogP contribution in [0.15, 0.2) is 18.2 Å². The van der Waals surface area contributed by atoms with Gasteiger partial charge in [0.05, 0.1) is 5.69 Å². The number of nitrogen functional groups attached to an aromatic ring is 1. The summed E-state index contributed by atoms with van der Waals surface area (Å²) >= 11 is 0. The van der Waals surface area contributed by atoms with Gasteiger partial charge < -0.3 is 11.5 Å². The van der Waals surface area contributed by atoms with Gasteiger partial charge in [-0.2, -0.15) is 0 Å². The fourth-order valence-electron chi connectivity index (χ4n) is 1.07. The minimum atomic E-state index is -0.367. The highest BCUT2D eigenvalue weighted by atomic mass is 19.1. The number of hydrogen-bond acceptors (Lipinski definition) is 2. The van der Waals surface area contributed by atoms with E-state index in [1.54, 1.807) is 12.1 Å². The summed E-state index contributed by atoms with van der Waals surface area (Å²) in [4.78, 5) is 0. The van der Waals surface area contributed by atoms with E-state index in [1.807, 2.05) is 6.92 Å². The molecule has 0 radical (unpaired) electrons. The van der Waals surface area contributed by atoms with Gasteiger partial charge in [0.2, 0.25) is 0 Å². The maximum atomic E-state index is 12.9. The van der Waals surface area contributed by atoms with Gasteiger partial charge in [-0.3, -0.25) is 0 Å². The van der Waals surface area contributed by atoms with Crippen molar-refractivity contribution in [3.8, 4) is 0 Å². The monoisotopic (exact) mass is 168 g/mol. The summed E-state index contributed by atoms with van der Waals surface area (Å²) in [6.07, 6.45) is 0.678. The van der Waals surface area contributed by atoms with Crippen molar-refractivity contribution in [1.29, 1.82) is 0 Å². The van der Waals surface area contributed by atoms with Gasteiger partial charge >= 0.3 is 0 Å². The zero-order valence-corrected chi connectivity index (χ0v) is 7.05. The van der Waals surface area contributed by atoms with E-state index >= 15 is 0 Å². The number of nitrogens with two attached hydrogens (primary N) is 2. The molecule has 0 saturated carbocycles. The van der Waals surface area contributed by atoms with Crippen molar-refractivity contribution in [1.82, 2.24) is 0 Å². The third-order valence-electron chi connectivity index (χ3n) is 1.62. The van der Waals surface area contributed by atoms with Crippen molar-refractivity contribution in [2.45, 2.75) is 19.4 Å². The Morgan fingerprint density at radius 1 is 1.50 bits per heavy atom. The zero-order chi connectivity index (χ0) is 9.14. The molecule has 0 fully saturated rings. The average molecular weight is 168 g/mol. The molecule has 3 heteroatoms. The van der Waals surface area contributed by atoms with Gasteiger partial charge in [-0.25, -0.2) is 4.39 Å². The minimum absolute atomic E-state index is 0.0491. The Morgan fingerprint density at radius 2 is 2.17 bits per heavy atom. The van der Waals surface area contributed by atoms with Gasteiger partial charge in [-0.15, -0.1) is 0 Å². The molecule has 0 aromatic heterocycles. The fourth-order valence-corrected chi connectivity index (χ4v) is 1.07. The van der Waals surface area contributed by atoms with Crippen LogP contribution in [0.2, 0.25) is 0 Å². The van der Waals surface area contributed by atoms with Gasteiger partial charge in [0, 0.05) is 6.04 Å². The molecular weight excluding hydrogens is 155 g/mol. The first-order chi connectivity index (χ1) is 5.59. The molecule has 0 amide bonds. The molecule has 66 valence electrons. The molecule has 1 atom stereocenters. The lowest BCUT2D eigenvalue weighted by Gasteiger charge is -2.05. The van der Waals surface area contributed by atoms with Crippen LogP contribution in [0, 0.1) is 5.82 Å². The highest BCUT2D eigenvalue weighted by Gasteiger charge is 2.01. The molecule has 0 aliphatic heterocycles. The third-order valence-corrected chi connectivity index (χ3v) is 1.62. The van der Waals surface area contributed by atoms with E-state index in [2.05, 4.69) is 0 Å². The van der Waals surface area contributed by atoms with Crippen molar-refractivity contribution in [3.05, 3.63) is 29.6 Å². The molecule has 0 bridgehead atoms.